The highest BCUT2D eigenvalue weighted by Gasteiger charge is 2.28. The van der Waals surface area contributed by atoms with E-state index in [1.165, 1.54) is 0 Å². The van der Waals surface area contributed by atoms with Crippen LogP contribution in [0, 0.1) is 5.92 Å². The molecule has 1 aromatic heterocycles. The predicted molar refractivity (Wildman–Crippen MR) is 64.4 cm³/mol. The van der Waals surface area contributed by atoms with Crippen LogP contribution >= 0.6 is 0 Å². The van der Waals surface area contributed by atoms with Gasteiger partial charge in [0.15, 0.2) is 0 Å². The quantitative estimate of drug-likeness (QED) is 0.797. The Bertz CT molecular complexity index is 420. The Hall–Kier alpha value is -1.62. The van der Waals surface area contributed by atoms with Crippen molar-refractivity contribution in [3.8, 4) is 0 Å². The number of carbonyl (C=O) groups is 1. The Morgan fingerprint density at radius 2 is 2.47 bits per heavy atom. The number of aliphatic hydroxyl groups excluding tert-OH is 1. The first-order chi connectivity index (χ1) is 8.09. The van der Waals surface area contributed by atoms with Crippen LogP contribution in [0.4, 0.5) is 5.82 Å². The molecule has 0 aliphatic carbocycles. The molecule has 1 amide bonds. The van der Waals surface area contributed by atoms with Gasteiger partial charge in [-0.05, 0) is 19.4 Å². The normalized spacial score (nSPS) is 21.5. The number of amides is 1. The lowest BCUT2D eigenvalue weighted by molar-refractivity contribution is -0.121. The van der Waals surface area contributed by atoms with Gasteiger partial charge in [-0.1, -0.05) is 6.07 Å². The first-order valence-electron chi connectivity index (χ1n) is 5.77. The van der Waals surface area contributed by atoms with Crippen LogP contribution in [0.25, 0.3) is 0 Å². The second-order valence-corrected chi connectivity index (χ2v) is 4.43. The molecule has 5 nitrogen and oxygen atoms in total. The van der Waals surface area contributed by atoms with Crippen molar-refractivity contribution in [1.29, 1.82) is 0 Å². The van der Waals surface area contributed by atoms with Crippen molar-refractivity contribution in [3.63, 3.8) is 0 Å². The van der Waals surface area contributed by atoms with Crippen LogP contribution in [0.3, 0.4) is 0 Å². The molecule has 0 aromatic carbocycles. The molecule has 2 atom stereocenters. The predicted octanol–water partition coefficient (Wildman–Crippen LogP) is 0.447. The molecule has 0 spiro atoms. The minimum absolute atomic E-state index is 0.112. The molecule has 0 bridgehead atoms. The molecular formula is C12H17N3O2. The molecule has 2 rings (SSSR count). The molecule has 3 N–H and O–H groups in total. The number of primary amides is 1. The Morgan fingerprint density at radius 1 is 1.71 bits per heavy atom. The number of hydrogen-bond acceptors (Lipinski definition) is 4. The summed E-state index contributed by atoms with van der Waals surface area (Å²) in [5.74, 6) is 0.382. The summed E-state index contributed by atoms with van der Waals surface area (Å²) >= 11 is 0. The molecule has 1 saturated heterocycles. The summed E-state index contributed by atoms with van der Waals surface area (Å²) in [6, 6.07) is 3.65. The van der Waals surface area contributed by atoms with Crippen LogP contribution in [-0.2, 0) is 4.79 Å². The molecule has 1 aliphatic rings. The van der Waals surface area contributed by atoms with Gasteiger partial charge in [0, 0.05) is 24.8 Å². The van der Waals surface area contributed by atoms with Crippen LogP contribution < -0.4 is 10.6 Å². The number of nitrogens with two attached hydrogens (primary N) is 1. The molecule has 5 heteroatoms. The number of aromatic nitrogens is 1. The standard InChI is InChI=1S/C12H17N3O2/c1-8(16)10-3-2-5-14-12(10)15-6-4-9(7-15)11(13)17/h2-3,5,8-9,16H,4,6-7H2,1H3,(H2,13,17)/t8-,9?/m0/s1. The summed E-state index contributed by atoms with van der Waals surface area (Å²) in [5.41, 5.74) is 6.09. The van der Waals surface area contributed by atoms with Gasteiger partial charge in [0.1, 0.15) is 5.82 Å². The van der Waals surface area contributed by atoms with E-state index < -0.39 is 6.10 Å². The highest BCUT2D eigenvalue weighted by Crippen LogP contribution is 2.28. The molecule has 2 heterocycles. The van der Waals surface area contributed by atoms with E-state index in [4.69, 9.17) is 5.73 Å². The maximum atomic E-state index is 11.1. The molecule has 92 valence electrons. The van der Waals surface area contributed by atoms with Gasteiger partial charge in [-0.2, -0.15) is 0 Å². The fraction of sp³-hybridized carbons (Fsp3) is 0.500. The number of carbonyl (C=O) groups excluding carboxylic acids is 1. The summed E-state index contributed by atoms with van der Waals surface area (Å²) in [6.07, 6.45) is 1.88. The zero-order valence-electron chi connectivity index (χ0n) is 9.84. The summed E-state index contributed by atoms with van der Waals surface area (Å²) in [7, 11) is 0. The van der Waals surface area contributed by atoms with Gasteiger partial charge in [0.05, 0.1) is 12.0 Å². The third kappa shape index (κ3) is 2.39. The van der Waals surface area contributed by atoms with Gasteiger partial charge in [-0.15, -0.1) is 0 Å². The first kappa shape index (κ1) is 11.9. The Morgan fingerprint density at radius 3 is 3.06 bits per heavy atom. The van der Waals surface area contributed by atoms with Gasteiger partial charge in [0.2, 0.25) is 5.91 Å². The van der Waals surface area contributed by atoms with Crippen LogP contribution in [0.5, 0.6) is 0 Å². The van der Waals surface area contributed by atoms with E-state index in [2.05, 4.69) is 4.98 Å². The topological polar surface area (TPSA) is 79.5 Å². The van der Waals surface area contributed by atoms with Gasteiger partial charge in [-0.25, -0.2) is 4.98 Å². The van der Waals surface area contributed by atoms with E-state index in [-0.39, 0.29) is 11.8 Å². The van der Waals surface area contributed by atoms with Gasteiger partial charge in [0.25, 0.3) is 0 Å². The number of nitrogens with zero attached hydrogens (tertiary/aromatic N) is 2. The summed E-state index contributed by atoms with van der Waals surface area (Å²) in [4.78, 5) is 17.4. The van der Waals surface area contributed by atoms with Crippen LogP contribution in [0.1, 0.15) is 25.0 Å². The van der Waals surface area contributed by atoms with Crippen molar-refractivity contribution in [2.24, 2.45) is 11.7 Å². The van der Waals surface area contributed by atoms with Crippen molar-refractivity contribution in [2.75, 3.05) is 18.0 Å². The lowest BCUT2D eigenvalue weighted by Gasteiger charge is -2.21. The third-order valence-corrected chi connectivity index (χ3v) is 3.16. The second-order valence-electron chi connectivity index (χ2n) is 4.43. The van der Waals surface area contributed by atoms with Crippen molar-refractivity contribution in [2.45, 2.75) is 19.4 Å². The molecule has 1 aliphatic heterocycles. The van der Waals surface area contributed by atoms with Crippen molar-refractivity contribution >= 4 is 11.7 Å². The Balaban J connectivity index is 2.21. The first-order valence-corrected chi connectivity index (χ1v) is 5.77. The molecule has 0 radical (unpaired) electrons. The van der Waals surface area contributed by atoms with Crippen LogP contribution in [-0.4, -0.2) is 29.1 Å². The van der Waals surface area contributed by atoms with Crippen LogP contribution in [0.2, 0.25) is 0 Å². The lowest BCUT2D eigenvalue weighted by atomic mass is 10.1. The molecule has 1 aromatic rings. The smallest absolute Gasteiger partial charge is 0.222 e. The number of pyridine rings is 1. The van der Waals surface area contributed by atoms with E-state index >= 15 is 0 Å². The zero-order chi connectivity index (χ0) is 12.4. The molecule has 0 saturated carbocycles. The third-order valence-electron chi connectivity index (χ3n) is 3.16. The number of anilines is 1. The van der Waals surface area contributed by atoms with E-state index in [0.29, 0.717) is 6.54 Å². The van der Waals surface area contributed by atoms with Gasteiger partial charge >= 0.3 is 0 Å². The highest BCUT2D eigenvalue weighted by atomic mass is 16.3. The number of hydrogen-bond donors (Lipinski definition) is 2. The molecule has 17 heavy (non-hydrogen) atoms. The summed E-state index contributed by atoms with van der Waals surface area (Å²) in [5, 5.41) is 9.68. The van der Waals surface area contributed by atoms with E-state index in [0.717, 1.165) is 24.3 Å². The Labute approximate surface area is 100 Å². The van der Waals surface area contributed by atoms with Gasteiger partial charge < -0.3 is 15.7 Å². The largest absolute Gasteiger partial charge is 0.389 e. The maximum absolute atomic E-state index is 11.1. The van der Waals surface area contributed by atoms with Crippen molar-refractivity contribution in [3.05, 3.63) is 23.9 Å². The average Bonchev–Trinajstić information content (AvgIpc) is 2.78. The molecule has 1 fully saturated rings. The lowest BCUT2D eigenvalue weighted by Crippen LogP contribution is -2.28. The van der Waals surface area contributed by atoms with E-state index in [1.54, 1.807) is 19.2 Å². The fourth-order valence-corrected chi connectivity index (χ4v) is 2.18. The monoisotopic (exact) mass is 235 g/mol. The van der Waals surface area contributed by atoms with Crippen molar-refractivity contribution in [1.82, 2.24) is 4.98 Å². The van der Waals surface area contributed by atoms with Crippen molar-refractivity contribution < 1.29 is 9.90 Å². The zero-order valence-corrected chi connectivity index (χ0v) is 9.84. The minimum atomic E-state index is -0.564. The Kier molecular flexibility index (Phi) is 3.28. The van der Waals surface area contributed by atoms with Crippen LogP contribution in [0.15, 0.2) is 18.3 Å². The summed E-state index contributed by atoms with van der Waals surface area (Å²) in [6.45, 7) is 3.05. The van der Waals surface area contributed by atoms with E-state index in [9.17, 15) is 9.90 Å². The minimum Gasteiger partial charge on any atom is -0.389 e. The SMILES string of the molecule is C[C@H](O)c1cccnc1N1CCC(C(N)=O)C1. The van der Waals surface area contributed by atoms with Gasteiger partial charge in [-0.3, -0.25) is 4.79 Å². The fourth-order valence-electron chi connectivity index (χ4n) is 2.18. The maximum Gasteiger partial charge on any atom is 0.222 e. The number of aliphatic hydroxyl groups is 1. The number of rotatable bonds is 3. The molecular weight excluding hydrogens is 218 g/mol. The average molecular weight is 235 g/mol. The summed E-state index contributed by atoms with van der Waals surface area (Å²) < 4.78 is 0. The second kappa shape index (κ2) is 4.71. The molecule has 1 unspecified atom stereocenters. The van der Waals surface area contributed by atoms with E-state index in [1.807, 2.05) is 11.0 Å². The highest BCUT2D eigenvalue weighted by molar-refractivity contribution is 5.78.